The zero-order chi connectivity index (χ0) is 14.2. The van der Waals surface area contributed by atoms with E-state index in [1.165, 1.54) is 4.90 Å². The van der Waals surface area contributed by atoms with Crippen LogP contribution in [0.2, 0.25) is 0 Å². The molecule has 0 unspecified atom stereocenters. The number of hydrogen-bond acceptors (Lipinski definition) is 3. The van der Waals surface area contributed by atoms with Crippen LogP contribution in [-0.4, -0.2) is 16.8 Å². The van der Waals surface area contributed by atoms with Crippen LogP contribution in [0, 0.1) is 12.3 Å². The van der Waals surface area contributed by atoms with E-state index in [4.69, 9.17) is 0 Å². The van der Waals surface area contributed by atoms with Gasteiger partial charge in [0.2, 0.25) is 11.8 Å². The maximum Gasteiger partial charge on any atom is 0.241 e. The third-order valence-electron chi connectivity index (χ3n) is 3.99. The van der Waals surface area contributed by atoms with E-state index in [9.17, 15) is 9.59 Å². The summed E-state index contributed by atoms with van der Waals surface area (Å²) in [6.07, 6.45) is 1.65. The molecule has 1 fully saturated rings. The highest BCUT2D eigenvalue weighted by Gasteiger charge is 2.50. The van der Waals surface area contributed by atoms with Crippen molar-refractivity contribution >= 4 is 33.6 Å². The average Bonchev–Trinajstić information content (AvgIpc) is 2.65. The Kier molecular flexibility index (Phi) is 3.76. The molecule has 0 N–H and O–H groups in total. The number of halogens is 1. The van der Waals surface area contributed by atoms with Crippen molar-refractivity contribution in [1.82, 2.24) is 4.98 Å². The van der Waals surface area contributed by atoms with Crippen LogP contribution in [0.5, 0.6) is 0 Å². The molecular formula is C14H17BrN2O2. The summed E-state index contributed by atoms with van der Waals surface area (Å²) in [5, 5.41) is 0. The first-order valence-corrected chi connectivity index (χ1v) is 7.25. The van der Waals surface area contributed by atoms with Gasteiger partial charge in [-0.15, -0.1) is 0 Å². The van der Waals surface area contributed by atoms with Gasteiger partial charge < -0.3 is 0 Å². The Balaban J connectivity index is 2.43. The standard InChI is InChI=1S/C14H17BrN2O2/c1-4-14(5-2)8-12(18)17(13(14)19)11-7-6-10(15)9(3)16-11/h6-7H,4-5,8H2,1-3H3. The fourth-order valence-electron chi connectivity index (χ4n) is 2.48. The first-order chi connectivity index (χ1) is 8.95. The topological polar surface area (TPSA) is 50.3 Å². The van der Waals surface area contributed by atoms with Crippen molar-refractivity contribution in [1.29, 1.82) is 0 Å². The number of carbonyl (C=O) groups excluding carboxylic acids is 2. The van der Waals surface area contributed by atoms with Gasteiger partial charge in [-0.1, -0.05) is 13.8 Å². The van der Waals surface area contributed by atoms with Gasteiger partial charge in [-0.3, -0.25) is 9.59 Å². The van der Waals surface area contributed by atoms with Gasteiger partial charge >= 0.3 is 0 Å². The van der Waals surface area contributed by atoms with Crippen molar-refractivity contribution in [3.63, 3.8) is 0 Å². The van der Waals surface area contributed by atoms with Crippen molar-refractivity contribution in [3.05, 3.63) is 22.3 Å². The summed E-state index contributed by atoms with van der Waals surface area (Å²) in [6.45, 7) is 5.75. The van der Waals surface area contributed by atoms with Crippen LogP contribution in [0.15, 0.2) is 16.6 Å². The molecule has 2 amide bonds. The molecule has 0 aliphatic carbocycles. The number of amides is 2. The fourth-order valence-corrected chi connectivity index (χ4v) is 2.70. The predicted molar refractivity (Wildman–Crippen MR) is 76.8 cm³/mol. The van der Waals surface area contributed by atoms with Gasteiger partial charge in [-0.25, -0.2) is 9.88 Å². The lowest BCUT2D eigenvalue weighted by molar-refractivity contribution is -0.126. The molecule has 1 aliphatic heterocycles. The number of rotatable bonds is 3. The summed E-state index contributed by atoms with van der Waals surface area (Å²) in [6, 6.07) is 3.52. The third-order valence-corrected chi connectivity index (χ3v) is 4.82. The van der Waals surface area contributed by atoms with E-state index in [2.05, 4.69) is 20.9 Å². The Labute approximate surface area is 121 Å². The van der Waals surface area contributed by atoms with Gasteiger partial charge in [0.05, 0.1) is 11.1 Å². The van der Waals surface area contributed by atoms with E-state index < -0.39 is 5.41 Å². The highest BCUT2D eigenvalue weighted by molar-refractivity contribution is 9.10. The molecule has 2 rings (SSSR count). The molecule has 0 bridgehead atoms. The fraction of sp³-hybridized carbons (Fsp3) is 0.500. The number of hydrogen-bond donors (Lipinski definition) is 0. The van der Waals surface area contributed by atoms with Gasteiger partial charge in [0, 0.05) is 10.9 Å². The molecule has 0 aromatic carbocycles. The summed E-state index contributed by atoms with van der Waals surface area (Å²) in [5.41, 5.74) is 0.225. The quantitative estimate of drug-likeness (QED) is 0.802. The van der Waals surface area contributed by atoms with Gasteiger partial charge in [-0.05, 0) is 47.8 Å². The van der Waals surface area contributed by atoms with Crippen LogP contribution in [-0.2, 0) is 9.59 Å². The van der Waals surface area contributed by atoms with Crippen molar-refractivity contribution in [2.75, 3.05) is 4.90 Å². The van der Waals surface area contributed by atoms with Gasteiger partial charge in [0.1, 0.15) is 5.82 Å². The molecule has 1 aromatic heterocycles. The highest BCUT2D eigenvalue weighted by Crippen LogP contribution is 2.40. The lowest BCUT2D eigenvalue weighted by atomic mass is 9.81. The second-order valence-corrected chi connectivity index (χ2v) is 5.79. The van der Waals surface area contributed by atoms with Crippen LogP contribution in [0.4, 0.5) is 5.82 Å². The Morgan fingerprint density at radius 2 is 1.95 bits per heavy atom. The van der Waals surface area contributed by atoms with E-state index in [0.717, 1.165) is 10.2 Å². The molecule has 0 atom stereocenters. The number of carbonyl (C=O) groups is 2. The molecule has 0 spiro atoms. The Hall–Kier alpha value is -1.23. The number of aryl methyl sites for hydroxylation is 1. The second kappa shape index (κ2) is 5.04. The van der Waals surface area contributed by atoms with E-state index >= 15 is 0 Å². The Morgan fingerprint density at radius 3 is 2.42 bits per heavy atom. The van der Waals surface area contributed by atoms with E-state index in [-0.39, 0.29) is 18.2 Å². The monoisotopic (exact) mass is 324 g/mol. The molecule has 102 valence electrons. The molecule has 19 heavy (non-hydrogen) atoms. The molecular weight excluding hydrogens is 308 g/mol. The third kappa shape index (κ3) is 2.20. The summed E-state index contributed by atoms with van der Waals surface area (Å²) in [7, 11) is 0. The van der Waals surface area contributed by atoms with Crippen molar-refractivity contribution in [2.45, 2.75) is 40.0 Å². The van der Waals surface area contributed by atoms with Gasteiger partial charge in [0.15, 0.2) is 0 Å². The lowest BCUT2D eigenvalue weighted by Gasteiger charge is -2.23. The van der Waals surface area contributed by atoms with Crippen LogP contribution in [0.1, 0.15) is 38.8 Å². The Bertz CT molecular complexity index is 538. The van der Waals surface area contributed by atoms with Gasteiger partial charge in [-0.2, -0.15) is 0 Å². The minimum absolute atomic E-state index is 0.114. The van der Waals surface area contributed by atoms with E-state index in [1.807, 2.05) is 26.8 Å². The number of imide groups is 1. The molecule has 0 saturated carbocycles. The van der Waals surface area contributed by atoms with Crippen LogP contribution < -0.4 is 4.90 Å². The van der Waals surface area contributed by atoms with Crippen molar-refractivity contribution < 1.29 is 9.59 Å². The lowest BCUT2D eigenvalue weighted by Crippen LogP contribution is -2.35. The van der Waals surface area contributed by atoms with Crippen LogP contribution >= 0.6 is 15.9 Å². The van der Waals surface area contributed by atoms with E-state index in [1.54, 1.807) is 6.07 Å². The summed E-state index contributed by atoms with van der Waals surface area (Å²) in [4.78, 5) is 30.3. The van der Waals surface area contributed by atoms with Crippen molar-refractivity contribution in [3.8, 4) is 0 Å². The molecule has 1 saturated heterocycles. The smallest absolute Gasteiger partial charge is 0.241 e. The first-order valence-electron chi connectivity index (χ1n) is 6.45. The zero-order valence-electron chi connectivity index (χ0n) is 11.4. The summed E-state index contributed by atoms with van der Waals surface area (Å²) >= 11 is 3.37. The summed E-state index contributed by atoms with van der Waals surface area (Å²) < 4.78 is 0.868. The predicted octanol–water partition coefficient (Wildman–Crippen LogP) is 3.22. The zero-order valence-corrected chi connectivity index (χ0v) is 13.0. The van der Waals surface area contributed by atoms with Crippen molar-refractivity contribution in [2.24, 2.45) is 5.41 Å². The number of nitrogens with zero attached hydrogens (tertiary/aromatic N) is 2. The molecule has 5 heteroatoms. The van der Waals surface area contributed by atoms with Gasteiger partial charge in [0.25, 0.3) is 0 Å². The second-order valence-electron chi connectivity index (χ2n) is 4.94. The number of pyridine rings is 1. The Morgan fingerprint density at radius 1 is 1.32 bits per heavy atom. The molecule has 2 heterocycles. The molecule has 1 aliphatic rings. The SMILES string of the molecule is CCC1(CC)CC(=O)N(c2ccc(Br)c(C)n2)C1=O. The highest BCUT2D eigenvalue weighted by atomic mass is 79.9. The average molecular weight is 325 g/mol. The maximum absolute atomic E-state index is 12.6. The molecule has 1 aromatic rings. The maximum atomic E-state index is 12.6. The van der Waals surface area contributed by atoms with E-state index in [0.29, 0.717) is 18.7 Å². The molecule has 4 nitrogen and oxygen atoms in total. The minimum atomic E-state index is -0.542. The minimum Gasteiger partial charge on any atom is -0.274 e. The number of aromatic nitrogens is 1. The summed E-state index contributed by atoms with van der Waals surface area (Å²) in [5.74, 6) is 0.166. The molecule has 0 radical (unpaired) electrons. The van der Waals surface area contributed by atoms with Crippen LogP contribution in [0.25, 0.3) is 0 Å². The normalized spacial score (nSPS) is 18.2. The number of anilines is 1. The first kappa shape index (κ1) is 14.2. The largest absolute Gasteiger partial charge is 0.274 e. The van der Waals surface area contributed by atoms with Crippen LogP contribution in [0.3, 0.4) is 0 Å².